The molecule has 0 aliphatic carbocycles. The monoisotopic (exact) mass is 360 g/mol. The molecule has 4 heteroatoms. The molecule has 3 atom stereocenters. The van der Waals surface area contributed by atoms with Crippen LogP contribution in [-0.4, -0.2) is 22.8 Å². The molecule has 3 unspecified atom stereocenters. The maximum Gasteiger partial charge on any atom is 0.0645 e. The first-order valence-electron chi connectivity index (χ1n) is 9.85. The van der Waals surface area contributed by atoms with Crippen LogP contribution in [0.25, 0.3) is 0 Å². The second-order valence-corrected chi connectivity index (χ2v) is 7.45. The molecule has 0 spiro atoms. The van der Waals surface area contributed by atoms with Crippen molar-refractivity contribution in [1.29, 1.82) is 0 Å². The van der Waals surface area contributed by atoms with Crippen LogP contribution in [-0.2, 0) is 0 Å². The van der Waals surface area contributed by atoms with Gasteiger partial charge in [-0.1, -0.05) is 60.7 Å². The third-order valence-electron chi connectivity index (χ3n) is 5.60. The summed E-state index contributed by atoms with van der Waals surface area (Å²) in [6, 6.07) is 22.3. The highest BCUT2D eigenvalue weighted by Gasteiger charge is 2.30. The van der Waals surface area contributed by atoms with Crippen molar-refractivity contribution in [2.75, 3.05) is 6.54 Å². The predicted octanol–water partition coefficient (Wildman–Crippen LogP) is 4.20. The van der Waals surface area contributed by atoms with Crippen LogP contribution < -0.4 is 10.6 Å². The molecule has 1 aliphatic rings. The van der Waals surface area contributed by atoms with Crippen molar-refractivity contribution >= 4 is 0 Å². The highest BCUT2D eigenvalue weighted by atomic mass is 15.1. The molecule has 4 nitrogen and oxygen atoms in total. The molecule has 1 aliphatic heterocycles. The fourth-order valence-electron chi connectivity index (χ4n) is 4.27. The van der Waals surface area contributed by atoms with E-state index in [-0.39, 0.29) is 6.04 Å². The van der Waals surface area contributed by atoms with Crippen molar-refractivity contribution in [1.82, 2.24) is 20.8 Å². The van der Waals surface area contributed by atoms with Crippen LogP contribution in [0.1, 0.15) is 53.0 Å². The van der Waals surface area contributed by atoms with Crippen LogP contribution in [0.15, 0.2) is 60.7 Å². The van der Waals surface area contributed by atoms with Gasteiger partial charge in [-0.2, -0.15) is 5.10 Å². The topological polar surface area (TPSA) is 52.7 Å². The first kappa shape index (κ1) is 18.0. The van der Waals surface area contributed by atoms with E-state index in [4.69, 9.17) is 0 Å². The van der Waals surface area contributed by atoms with Gasteiger partial charge in [-0.3, -0.25) is 5.10 Å². The minimum Gasteiger partial charge on any atom is -0.309 e. The number of hydrogen-bond acceptors (Lipinski definition) is 3. The third-order valence-corrected chi connectivity index (χ3v) is 5.60. The zero-order chi connectivity index (χ0) is 18.6. The van der Waals surface area contributed by atoms with Gasteiger partial charge in [0.15, 0.2) is 0 Å². The molecule has 0 amide bonds. The Kier molecular flexibility index (Phi) is 5.37. The molecular weight excluding hydrogens is 332 g/mol. The molecule has 1 saturated heterocycles. The van der Waals surface area contributed by atoms with Crippen molar-refractivity contribution in [3.05, 3.63) is 88.7 Å². The van der Waals surface area contributed by atoms with Gasteiger partial charge in [0.2, 0.25) is 0 Å². The summed E-state index contributed by atoms with van der Waals surface area (Å²) in [6.45, 7) is 5.27. The van der Waals surface area contributed by atoms with Gasteiger partial charge in [-0.15, -0.1) is 0 Å². The lowest BCUT2D eigenvalue weighted by atomic mass is 9.89. The molecule has 1 fully saturated rings. The maximum atomic E-state index is 4.45. The zero-order valence-corrected chi connectivity index (χ0v) is 16.1. The van der Waals surface area contributed by atoms with E-state index >= 15 is 0 Å². The number of nitrogens with one attached hydrogen (secondary N) is 3. The molecular formula is C23H28N4. The van der Waals surface area contributed by atoms with Gasteiger partial charge in [0.1, 0.15) is 0 Å². The van der Waals surface area contributed by atoms with Crippen molar-refractivity contribution in [2.45, 2.75) is 44.8 Å². The van der Waals surface area contributed by atoms with Crippen LogP contribution in [0, 0.1) is 13.8 Å². The van der Waals surface area contributed by atoms with Crippen LogP contribution in [0.4, 0.5) is 0 Å². The molecule has 3 N–H and O–H groups in total. The molecule has 0 bridgehead atoms. The molecule has 27 heavy (non-hydrogen) atoms. The summed E-state index contributed by atoms with van der Waals surface area (Å²) in [6.07, 6.45) is 2.34. The SMILES string of the molecule is Cc1n[nH]c(C)c1C(NC1CCCNC1c1ccccc1)c1ccccc1. The molecule has 2 heterocycles. The van der Waals surface area contributed by atoms with Gasteiger partial charge < -0.3 is 10.6 Å². The highest BCUT2D eigenvalue weighted by Crippen LogP contribution is 2.31. The molecule has 0 saturated carbocycles. The van der Waals surface area contributed by atoms with Gasteiger partial charge in [-0.25, -0.2) is 0 Å². The number of aromatic amines is 1. The smallest absolute Gasteiger partial charge is 0.0645 e. The van der Waals surface area contributed by atoms with Crippen LogP contribution >= 0.6 is 0 Å². The number of benzene rings is 2. The Morgan fingerprint density at radius 2 is 1.70 bits per heavy atom. The Hall–Kier alpha value is -2.43. The summed E-state index contributed by atoms with van der Waals surface area (Å²) < 4.78 is 0. The Balaban J connectivity index is 1.68. The number of nitrogens with zero attached hydrogens (tertiary/aromatic N) is 1. The van der Waals surface area contributed by atoms with Gasteiger partial charge >= 0.3 is 0 Å². The molecule has 0 radical (unpaired) electrons. The van der Waals surface area contributed by atoms with Gasteiger partial charge in [0.05, 0.1) is 11.7 Å². The molecule has 4 rings (SSSR count). The van der Waals surface area contributed by atoms with Gasteiger partial charge in [0, 0.05) is 23.3 Å². The second kappa shape index (κ2) is 8.07. The molecule has 140 valence electrons. The van der Waals surface area contributed by atoms with E-state index in [1.54, 1.807) is 0 Å². The average Bonchev–Trinajstić information content (AvgIpc) is 3.06. The molecule has 3 aromatic rings. The molecule has 2 aromatic carbocycles. The summed E-state index contributed by atoms with van der Waals surface area (Å²) in [5.41, 5.74) is 6.09. The third kappa shape index (κ3) is 3.82. The van der Waals surface area contributed by atoms with Crippen molar-refractivity contribution < 1.29 is 0 Å². The first-order chi connectivity index (χ1) is 13.2. The lowest BCUT2D eigenvalue weighted by Gasteiger charge is -2.37. The number of hydrogen-bond donors (Lipinski definition) is 3. The summed E-state index contributed by atoms with van der Waals surface area (Å²) in [5.74, 6) is 0. The Morgan fingerprint density at radius 1 is 1.00 bits per heavy atom. The van der Waals surface area contributed by atoms with Crippen molar-refractivity contribution in [3.63, 3.8) is 0 Å². The van der Waals surface area contributed by atoms with E-state index < -0.39 is 0 Å². The second-order valence-electron chi connectivity index (χ2n) is 7.45. The number of aromatic nitrogens is 2. The van der Waals surface area contributed by atoms with E-state index in [2.05, 4.69) is 95.3 Å². The Labute approximate surface area is 161 Å². The number of H-pyrrole nitrogens is 1. The zero-order valence-electron chi connectivity index (χ0n) is 16.1. The normalized spacial score (nSPS) is 21.1. The van der Waals surface area contributed by atoms with Crippen LogP contribution in [0.3, 0.4) is 0 Å². The van der Waals surface area contributed by atoms with Crippen molar-refractivity contribution in [2.24, 2.45) is 0 Å². The van der Waals surface area contributed by atoms with E-state index in [9.17, 15) is 0 Å². The highest BCUT2D eigenvalue weighted by molar-refractivity contribution is 5.37. The minimum atomic E-state index is 0.126. The Bertz CT molecular complexity index is 837. The van der Waals surface area contributed by atoms with Crippen molar-refractivity contribution in [3.8, 4) is 0 Å². The molecule has 1 aromatic heterocycles. The largest absolute Gasteiger partial charge is 0.309 e. The number of aryl methyl sites for hydroxylation is 2. The summed E-state index contributed by atoms with van der Waals surface area (Å²) in [5, 5.41) is 15.3. The fraction of sp³-hybridized carbons (Fsp3) is 0.348. The predicted molar refractivity (Wildman–Crippen MR) is 110 cm³/mol. The van der Waals surface area contributed by atoms with E-state index in [0.29, 0.717) is 12.1 Å². The lowest BCUT2D eigenvalue weighted by molar-refractivity contribution is 0.292. The van der Waals surface area contributed by atoms with E-state index in [0.717, 1.165) is 24.4 Å². The summed E-state index contributed by atoms with van der Waals surface area (Å²) in [7, 11) is 0. The fourth-order valence-corrected chi connectivity index (χ4v) is 4.27. The lowest BCUT2D eigenvalue weighted by Crippen LogP contribution is -2.47. The number of piperidine rings is 1. The summed E-state index contributed by atoms with van der Waals surface area (Å²) >= 11 is 0. The maximum absolute atomic E-state index is 4.45. The quantitative estimate of drug-likeness (QED) is 0.639. The van der Waals surface area contributed by atoms with E-state index in [1.165, 1.54) is 23.1 Å². The average molecular weight is 361 g/mol. The minimum absolute atomic E-state index is 0.126. The van der Waals surface area contributed by atoms with Crippen LogP contribution in [0.2, 0.25) is 0 Å². The van der Waals surface area contributed by atoms with Gasteiger partial charge in [0.25, 0.3) is 0 Å². The summed E-state index contributed by atoms with van der Waals surface area (Å²) in [4.78, 5) is 0. The first-order valence-corrected chi connectivity index (χ1v) is 9.85. The van der Waals surface area contributed by atoms with E-state index in [1.807, 2.05) is 0 Å². The Morgan fingerprint density at radius 3 is 2.37 bits per heavy atom. The van der Waals surface area contributed by atoms with Gasteiger partial charge in [-0.05, 0) is 44.4 Å². The standard InChI is InChI=1S/C23H28N4/c1-16-21(17(2)27-26-16)23(19-12-7-4-8-13-19)25-20-14-9-15-24-22(20)18-10-5-3-6-11-18/h3-8,10-13,20,22-25H,9,14-15H2,1-2H3,(H,26,27). The van der Waals surface area contributed by atoms with Crippen LogP contribution in [0.5, 0.6) is 0 Å². The number of rotatable bonds is 5.